The average Bonchev–Trinajstić information content (AvgIpc) is 3.00. The molecule has 0 saturated carbocycles. The van der Waals surface area contributed by atoms with E-state index in [1.807, 2.05) is 6.07 Å². The summed E-state index contributed by atoms with van der Waals surface area (Å²) in [4.78, 5) is 6.27. The van der Waals surface area contributed by atoms with Crippen LogP contribution in [-0.2, 0) is 6.42 Å². The molecule has 0 bridgehead atoms. The van der Waals surface area contributed by atoms with Crippen LogP contribution in [0.5, 0.6) is 5.75 Å². The number of aromatic nitrogens is 1. The highest BCUT2D eigenvalue weighted by molar-refractivity contribution is 5.91. The molecule has 24 heavy (non-hydrogen) atoms. The molecule has 0 spiro atoms. The number of hydrogen-bond acceptors (Lipinski definition) is 3. The molecule has 4 heteroatoms. The van der Waals surface area contributed by atoms with E-state index in [-0.39, 0.29) is 6.61 Å². The molecule has 2 N–H and O–H groups in total. The van der Waals surface area contributed by atoms with Crippen LogP contribution in [0, 0.1) is 5.92 Å². The van der Waals surface area contributed by atoms with Crippen molar-refractivity contribution in [2.24, 2.45) is 5.92 Å². The number of hydrogen-bond donors (Lipinski definition) is 2. The maximum absolute atomic E-state index is 9.44. The molecule has 0 unspecified atom stereocenters. The highest BCUT2D eigenvalue weighted by atomic mass is 16.5. The lowest BCUT2D eigenvalue weighted by Crippen LogP contribution is -2.42. The second-order valence-electron chi connectivity index (χ2n) is 6.94. The number of benzene rings is 1. The van der Waals surface area contributed by atoms with E-state index in [4.69, 9.17) is 4.74 Å². The third kappa shape index (κ3) is 2.36. The van der Waals surface area contributed by atoms with Gasteiger partial charge in [0, 0.05) is 36.3 Å². The Kier molecular flexibility index (Phi) is 4.10. The molecule has 3 heterocycles. The van der Waals surface area contributed by atoms with Gasteiger partial charge in [-0.1, -0.05) is 17.7 Å². The Morgan fingerprint density at radius 1 is 1.42 bits per heavy atom. The fraction of sp³-hybridized carbons (Fsp3) is 0.500. The molecular weight excluding hydrogens is 300 g/mol. The first-order chi connectivity index (χ1) is 11.8. The fourth-order valence-electron chi connectivity index (χ4n) is 4.64. The minimum Gasteiger partial charge on any atom is -0.496 e. The summed E-state index contributed by atoms with van der Waals surface area (Å²) in [5.74, 6) is 1.45. The first-order valence-corrected chi connectivity index (χ1v) is 8.94. The third-order valence-corrected chi connectivity index (χ3v) is 5.83. The number of ether oxygens (including phenoxy) is 1. The molecule has 2 aromatic rings. The summed E-state index contributed by atoms with van der Waals surface area (Å²) in [7, 11) is 1.75. The van der Waals surface area contributed by atoms with E-state index >= 15 is 0 Å². The Bertz CT molecular complexity index is 777. The van der Waals surface area contributed by atoms with Gasteiger partial charge in [-0.05, 0) is 49.8 Å². The summed E-state index contributed by atoms with van der Waals surface area (Å²) < 4.78 is 5.61. The third-order valence-electron chi connectivity index (χ3n) is 5.83. The first kappa shape index (κ1) is 15.7. The molecule has 1 aromatic carbocycles. The molecule has 2 aliphatic rings. The van der Waals surface area contributed by atoms with Crippen LogP contribution in [0.3, 0.4) is 0 Å². The zero-order valence-electron chi connectivity index (χ0n) is 14.5. The summed E-state index contributed by atoms with van der Waals surface area (Å²) in [5, 5.41) is 10.7. The van der Waals surface area contributed by atoms with Crippen molar-refractivity contribution in [3.63, 3.8) is 0 Å². The normalized spacial score (nSPS) is 25.7. The molecule has 4 rings (SSSR count). The number of piperidine rings is 1. The standard InChI is InChI=1S/C20H26N2O2/c1-3-13-12-22-9-7-15-19-16(5-4-6-18(19)24-2)21-20(15)17(22)11-14(13)8-10-23/h3-6,14,17,21,23H,7-12H2,1-2H3/b13-3-/t14-,17-/m0/s1. The van der Waals surface area contributed by atoms with Crippen molar-refractivity contribution >= 4 is 10.9 Å². The number of aliphatic hydroxyl groups is 1. The number of methoxy groups -OCH3 is 1. The maximum atomic E-state index is 9.44. The Labute approximate surface area is 143 Å². The van der Waals surface area contributed by atoms with E-state index < -0.39 is 0 Å². The molecule has 0 aliphatic carbocycles. The predicted molar refractivity (Wildman–Crippen MR) is 96.4 cm³/mol. The smallest absolute Gasteiger partial charge is 0.128 e. The SMILES string of the molecule is C/C=C1/CN2CCc3c([nH]c4cccc(OC)c34)[C@@H]2C[C@@H]1CCO. The number of allylic oxidation sites excluding steroid dienone is 1. The Balaban J connectivity index is 1.77. The van der Waals surface area contributed by atoms with Crippen LogP contribution < -0.4 is 4.74 Å². The van der Waals surface area contributed by atoms with Crippen LogP contribution in [0.15, 0.2) is 29.8 Å². The Hall–Kier alpha value is -1.78. The fourth-order valence-corrected chi connectivity index (χ4v) is 4.64. The number of nitrogens with zero attached hydrogens (tertiary/aromatic N) is 1. The lowest BCUT2D eigenvalue weighted by molar-refractivity contribution is 0.126. The van der Waals surface area contributed by atoms with Crippen LogP contribution >= 0.6 is 0 Å². The second kappa shape index (κ2) is 6.26. The molecule has 1 fully saturated rings. The van der Waals surface area contributed by atoms with Gasteiger partial charge in [-0.2, -0.15) is 0 Å². The van der Waals surface area contributed by atoms with Gasteiger partial charge in [-0.15, -0.1) is 0 Å². The van der Waals surface area contributed by atoms with E-state index in [1.54, 1.807) is 7.11 Å². The zero-order chi connectivity index (χ0) is 16.7. The van der Waals surface area contributed by atoms with Gasteiger partial charge in [-0.25, -0.2) is 0 Å². The van der Waals surface area contributed by atoms with E-state index in [0.717, 1.165) is 38.1 Å². The van der Waals surface area contributed by atoms with Gasteiger partial charge in [0.15, 0.2) is 0 Å². The van der Waals surface area contributed by atoms with Crippen LogP contribution in [0.1, 0.15) is 37.1 Å². The highest BCUT2D eigenvalue weighted by Crippen LogP contribution is 2.45. The van der Waals surface area contributed by atoms with Crippen molar-refractivity contribution in [1.29, 1.82) is 0 Å². The quantitative estimate of drug-likeness (QED) is 0.850. The van der Waals surface area contributed by atoms with Gasteiger partial charge >= 0.3 is 0 Å². The number of aliphatic hydroxyl groups excluding tert-OH is 1. The van der Waals surface area contributed by atoms with E-state index in [0.29, 0.717) is 12.0 Å². The number of fused-ring (bicyclic) bond motifs is 5. The monoisotopic (exact) mass is 326 g/mol. The van der Waals surface area contributed by atoms with E-state index in [1.165, 1.54) is 27.7 Å². The Morgan fingerprint density at radius 2 is 2.29 bits per heavy atom. The summed E-state index contributed by atoms with van der Waals surface area (Å²) in [6.07, 6.45) is 5.26. The van der Waals surface area contributed by atoms with Crippen molar-refractivity contribution in [3.05, 3.63) is 41.1 Å². The minimum absolute atomic E-state index is 0.266. The molecule has 0 amide bonds. The summed E-state index contributed by atoms with van der Waals surface area (Å²) in [6, 6.07) is 6.67. The molecule has 128 valence electrons. The van der Waals surface area contributed by atoms with Gasteiger partial charge in [0.05, 0.1) is 13.2 Å². The van der Waals surface area contributed by atoms with Crippen LogP contribution in [0.2, 0.25) is 0 Å². The van der Waals surface area contributed by atoms with Crippen LogP contribution in [0.25, 0.3) is 10.9 Å². The van der Waals surface area contributed by atoms with Gasteiger partial charge in [0.25, 0.3) is 0 Å². The van der Waals surface area contributed by atoms with Gasteiger partial charge in [0.1, 0.15) is 5.75 Å². The van der Waals surface area contributed by atoms with Crippen molar-refractivity contribution in [2.45, 2.75) is 32.2 Å². The highest BCUT2D eigenvalue weighted by Gasteiger charge is 2.37. The summed E-state index contributed by atoms with van der Waals surface area (Å²) >= 11 is 0. The van der Waals surface area contributed by atoms with Crippen molar-refractivity contribution in [3.8, 4) is 5.75 Å². The number of H-pyrrole nitrogens is 1. The molecule has 1 aromatic heterocycles. The molecule has 1 saturated heterocycles. The average molecular weight is 326 g/mol. The van der Waals surface area contributed by atoms with Crippen molar-refractivity contribution in [1.82, 2.24) is 9.88 Å². The van der Waals surface area contributed by atoms with Crippen molar-refractivity contribution in [2.75, 3.05) is 26.8 Å². The zero-order valence-corrected chi connectivity index (χ0v) is 14.5. The molecule has 2 atom stereocenters. The maximum Gasteiger partial charge on any atom is 0.128 e. The summed E-state index contributed by atoms with van der Waals surface area (Å²) in [6.45, 7) is 4.51. The number of aromatic amines is 1. The lowest BCUT2D eigenvalue weighted by atomic mass is 9.80. The van der Waals surface area contributed by atoms with Crippen LogP contribution in [-0.4, -0.2) is 41.8 Å². The molecule has 2 aliphatic heterocycles. The van der Waals surface area contributed by atoms with Gasteiger partial charge in [0.2, 0.25) is 0 Å². The second-order valence-corrected chi connectivity index (χ2v) is 6.94. The lowest BCUT2D eigenvalue weighted by Gasteiger charge is -2.43. The predicted octanol–water partition coefficient (Wildman–Crippen LogP) is 3.42. The van der Waals surface area contributed by atoms with E-state index in [2.05, 4.69) is 35.0 Å². The van der Waals surface area contributed by atoms with Crippen LogP contribution in [0.4, 0.5) is 0 Å². The molecule has 4 nitrogen and oxygen atoms in total. The summed E-state index contributed by atoms with van der Waals surface area (Å²) in [5.41, 5.74) is 5.45. The van der Waals surface area contributed by atoms with Gasteiger partial charge in [-0.3, -0.25) is 4.90 Å². The largest absolute Gasteiger partial charge is 0.496 e. The van der Waals surface area contributed by atoms with E-state index in [9.17, 15) is 5.11 Å². The Morgan fingerprint density at radius 3 is 3.04 bits per heavy atom. The number of nitrogens with one attached hydrogen (secondary N) is 1. The number of rotatable bonds is 3. The van der Waals surface area contributed by atoms with Gasteiger partial charge < -0.3 is 14.8 Å². The topological polar surface area (TPSA) is 48.5 Å². The minimum atomic E-state index is 0.266. The first-order valence-electron chi connectivity index (χ1n) is 8.94. The van der Waals surface area contributed by atoms with Crippen molar-refractivity contribution < 1.29 is 9.84 Å². The molecule has 0 radical (unpaired) electrons. The molecular formula is C20H26N2O2.